The number of carbonyl (C=O) groups excluding carboxylic acids is 1. The highest BCUT2D eigenvalue weighted by Crippen LogP contribution is 2.26. The van der Waals surface area contributed by atoms with Crippen LogP contribution in [0, 0.1) is 5.92 Å². The number of hydrogen-bond donors (Lipinski definition) is 1. The first-order valence-electron chi connectivity index (χ1n) is 8.36. The molecule has 7 heteroatoms. The van der Waals surface area contributed by atoms with Gasteiger partial charge < -0.3 is 20.4 Å². The van der Waals surface area contributed by atoms with E-state index in [4.69, 9.17) is 5.73 Å². The van der Waals surface area contributed by atoms with E-state index in [1.165, 1.54) is 0 Å². The number of amides is 1. The molecule has 0 unspecified atom stereocenters. The Hall–Kier alpha value is -1.89. The minimum Gasteiger partial charge on any atom is -0.353 e. The van der Waals surface area contributed by atoms with Crippen molar-refractivity contribution in [1.82, 2.24) is 14.9 Å². The Labute approximate surface area is 137 Å². The zero-order valence-electron chi connectivity index (χ0n) is 14.0. The third-order valence-corrected chi connectivity index (χ3v) is 4.83. The van der Waals surface area contributed by atoms with Gasteiger partial charge in [-0.3, -0.25) is 4.79 Å². The molecule has 7 nitrogen and oxygen atoms in total. The SMILES string of the molecule is CN(C)c1nccc(N2CCN(C(=O)[C@H]3CCC[C@H]3N)CC2)n1. The molecule has 2 aliphatic rings. The lowest BCUT2D eigenvalue weighted by Gasteiger charge is -2.37. The van der Waals surface area contributed by atoms with Gasteiger partial charge in [-0.2, -0.15) is 4.98 Å². The third kappa shape index (κ3) is 3.39. The Bertz CT molecular complexity index is 555. The second kappa shape index (κ2) is 6.70. The van der Waals surface area contributed by atoms with Gasteiger partial charge in [0, 0.05) is 52.5 Å². The first kappa shape index (κ1) is 16.0. The molecule has 1 saturated heterocycles. The molecule has 3 rings (SSSR count). The first-order valence-corrected chi connectivity index (χ1v) is 8.36. The average molecular weight is 318 g/mol. The van der Waals surface area contributed by atoms with Crippen LogP contribution in [0.1, 0.15) is 19.3 Å². The van der Waals surface area contributed by atoms with Gasteiger partial charge in [0.15, 0.2) is 0 Å². The molecule has 0 radical (unpaired) electrons. The Balaban J connectivity index is 1.60. The Morgan fingerprint density at radius 2 is 2.00 bits per heavy atom. The molecule has 1 amide bonds. The number of rotatable bonds is 3. The van der Waals surface area contributed by atoms with Crippen molar-refractivity contribution in [3.8, 4) is 0 Å². The molecule has 1 saturated carbocycles. The number of aromatic nitrogens is 2. The quantitative estimate of drug-likeness (QED) is 0.865. The number of carbonyl (C=O) groups is 1. The summed E-state index contributed by atoms with van der Waals surface area (Å²) in [4.78, 5) is 27.5. The number of piperazine rings is 1. The molecule has 2 fully saturated rings. The van der Waals surface area contributed by atoms with Gasteiger partial charge in [0.1, 0.15) is 5.82 Å². The first-order chi connectivity index (χ1) is 11.1. The summed E-state index contributed by atoms with van der Waals surface area (Å²) < 4.78 is 0. The molecular weight excluding hydrogens is 292 g/mol. The molecule has 1 aliphatic heterocycles. The van der Waals surface area contributed by atoms with Crippen LogP contribution in [0.5, 0.6) is 0 Å². The van der Waals surface area contributed by atoms with Crippen LogP contribution in [0.3, 0.4) is 0 Å². The molecule has 0 spiro atoms. The molecule has 0 aromatic carbocycles. The monoisotopic (exact) mass is 318 g/mol. The van der Waals surface area contributed by atoms with Gasteiger partial charge in [-0.25, -0.2) is 4.98 Å². The van der Waals surface area contributed by atoms with Crippen molar-refractivity contribution >= 4 is 17.7 Å². The van der Waals surface area contributed by atoms with E-state index >= 15 is 0 Å². The fourth-order valence-corrected chi connectivity index (χ4v) is 3.42. The lowest BCUT2D eigenvalue weighted by atomic mass is 10.0. The van der Waals surface area contributed by atoms with Gasteiger partial charge in [-0.1, -0.05) is 6.42 Å². The highest BCUT2D eigenvalue weighted by atomic mass is 16.2. The van der Waals surface area contributed by atoms with Crippen LogP contribution < -0.4 is 15.5 Å². The predicted molar refractivity (Wildman–Crippen MR) is 90.5 cm³/mol. The molecule has 2 heterocycles. The van der Waals surface area contributed by atoms with Gasteiger partial charge >= 0.3 is 0 Å². The summed E-state index contributed by atoms with van der Waals surface area (Å²) in [5.41, 5.74) is 6.07. The Kier molecular flexibility index (Phi) is 4.66. The molecule has 1 aliphatic carbocycles. The molecule has 0 bridgehead atoms. The fraction of sp³-hybridized carbons (Fsp3) is 0.688. The van der Waals surface area contributed by atoms with Gasteiger partial charge in [-0.05, 0) is 18.9 Å². The van der Waals surface area contributed by atoms with Crippen LogP contribution in [-0.2, 0) is 4.79 Å². The van der Waals surface area contributed by atoms with Crippen molar-refractivity contribution in [2.24, 2.45) is 11.7 Å². The number of anilines is 2. The summed E-state index contributed by atoms with van der Waals surface area (Å²) in [6.07, 6.45) is 4.78. The van der Waals surface area contributed by atoms with Crippen LogP contribution in [-0.4, -0.2) is 67.1 Å². The summed E-state index contributed by atoms with van der Waals surface area (Å²) in [7, 11) is 3.86. The largest absolute Gasteiger partial charge is 0.353 e. The van der Waals surface area contributed by atoms with Gasteiger partial charge in [0.25, 0.3) is 0 Å². The summed E-state index contributed by atoms with van der Waals surface area (Å²) in [5, 5.41) is 0. The Morgan fingerprint density at radius 3 is 2.61 bits per heavy atom. The van der Waals surface area contributed by atoms with Crippen LogP contribution in [0.25, 0.3) is 0 Å². The molecule has 126 valence electrons. The summed E-state index contributed by atoms with van der Waals surface area (Å²) in [6.45, 7) is 3.09. The van der Waals surface area contributed by atoms with E-state index in [0.29, 0.717) is 5.95 Å². The average Bonchev–Trinajstić information content (AvgIpc) is 3.00. The minimum atomic E-state index is 0.0287. The zero-order valence-corrected chi connectivity index (χ0v) is 14.0. The maximum Gasteiger partial charge on any atom is 0.227 e. The van der Waals surface area contributed by atoms with Crippen molar-refractivity contribution < 1.29 is 4.79 Å². The van der Waals surface area contributed by atoms with Crippen molar-refractivity contribution in [1.29, 1.82) is 0 Å². The van der Waals surface area contributed by atoms with Gasteiger partial charge in [0.05, 0.1) is 5.92 Å². The lowest BCUT2D eigenvalue weighted by Crippen LogP contribution is -2.52. The smallest absolute Gasteiger partial charge is 0.227 e. The maximum atomic E-state index is 12.6. The van der Waals surface area contributed by atoms with Gasteiger partial charge in [-0.15, -0.1) is 0 Å². The maximum absolute atomic E-state index is 12.6. The second-order valence-corrected chi connectivity index (χ2v) is 6.62. The van der Waals surface area contributed by atoms with Crippen LogP contribution in [0.15, 0.2) is 12.3 Å². The van der Waals surface area contributed by atoms with E-state index < -0.39 is 0 Å². The standard InChI is InChI=1S/C16H26N6O/c1-20(2)16-18-7-6-14(19-16)21-8-10-22(11-9-21)15(23)12-4-3-5-13(12)17/h6-7,12-13H,3-5,8-11,17H2,1-2H3/t12-,13+/m0/s1. The van der Waals surface area contributed by atoms with Crippen LogP contribution >= 0.6 is 0 Å². The summed E-state index contributed by atoms with van der Waals surface area (Å²) in [5.74, 6) is 1.90. The topological polar surface area (TPSA) is 78.6 Å². The molecule has 23 heavy (non-hydrogen) atoms. The molecule has 2 atom stereocenters. The Morgan fingerprint density at radius 1 is 1.26 bits per heavy atom. The highest BCUT2D eigenvalue weighted by Gasteiger charge is 2.34. The van der Waals surface area contributed by atoms with Crippen molar-refractivity contribution in [3.05, 3.63) is 12.3 Å². The highest BCUT2D eigenvalue weighted by molar-refractivity contribution is 5.80. The molecular formula is C16H26N6O. The number of hydrogen-bond acceptors (Lipinski definition) is 6. The van der Waals surface area contributed by atoms with E-state index in [1.807, 2.05) is 30.0 Å². The zero-order chi connectivity index (χ0) is 16.4. The van der Waals surface area contributed by atoms with Crippen molar-refractivity contribution in [2.45, 2.75) is 25.3 Å². The predicted octanol–water partition coefficient (Wildman–Crippen LogP) is 0.319. The van der Waals surface area contributed by atoms with Crippen molar-refractivity contribution in [2.75, 3.05) is 50.1 Å². The summed E-state index contributed by atoms with van der Waals surface area (Å²) >= 11 is 0. The molecule has 1 aromatic rings. The van der Waals surface area contributed by atoms with Crippen molar-refractivity contribution in [3.63, 3.8) is 0 Å². The van der Waals surface area contributed by atoms with E-state index in [9.17, 15) is 4.79 Å². The minimum absolute atomic E-state index is 0.0287. The van der Waals surface area contributed by atoms with Crippen LogP contribution in [0.2, 0.25) is 0 Å². The lowest BCUT2D eigenvalue weighted by molar-refractivity contribution is -0.136. The number of nitrogens with two attached hydrogens (primary N) is 1. The van der Waals surface area contributed by atoms with E-state index in [1.54, 1.807) is 6.20 Å². The normalized spacial score (nSPS) is 24.8. The third-order valence-electron chi connectivity index (χ3n) is 4.83. The van der Waals surface area contributed by atoms with E-state index in [2.05, 4.69) is 14.9 Å². The van der Waals surface area contributed by atoms with Gasteiger partial charge in [0.2, 0.25) is 11.9 Å². The second-order valence-electron chi connectivity index (χ2n) is 6.62. The molecule has 1 aromatic heterocycles. The summed E-state index contributed by atoms with van der Waals surface area (Å²) in [6, 6.07) is 1.97. The fourth-order valence-electron chi connectivity index (χ4n) is 3.42. The molecule has 2 N–H and O–H groups in total. The van der Waals surface area contributed by atoms with E-state index in [-0.39, 0.29) is 17.9 Å². The van der Waals surface area contributed by atoms with Crippen LogP contribution in [0.4, 0.5) is 11.8 Å². The number of nitrogens with zero attached hydrogens (tertiary/aromatic N) is 5. The van der Waals surface area contributed by atoms with E-state index in [0.717, 1.165) is 51.3 Å².